The summed E-state index contributed by atoms with van der Waals surface area (Å²) in [4.78, 5) is 5.10. The Hall–Kier alpha value is -1.11. The molecule has 2 heterocycles. The van der Waals surface area contributed by atoms with Crippen molar-refractivity contribution in [2.75, 3.05) is 5.32 Å². The number of anilines is 1. The summed E-state index contributed by atoms with van der Waals surface area (Å²) in [6.45, 7) is 0.710. The average molecular weight is 344 g/mol. The van der Waals surface area contributed by atoms with Crippen LogP contribution in [0.15, 0.2) is 29.0 Å². The molecule has 4 nitrogen and oxygen atoms in total. The summed E-state index contributed by atoms with van der Waals surface area (Å²) in [6, 6.07) is 6.04. The molecular weight excluding hydrogens is 336 g/mol. The summed E-state index contributed by atoms with van der Waals surface area (Å²) in [5, 5.41) is 11.5. The van der Waals surface area contributed by atoms with E-state index in [0.717, 1.165) is 26.1 Å². The van der Waals surface area contributed by atoms with Gasteiger partial charge in [0.1, 0.15) is 4.60 Å². The Kier molecular flexibility index (Phi) is 3.23. The van der Waals surface area contributed by atoms with E-state index in [4.69, 9.17) is 11.6 Å². The smallest absolute Gasteiger partial charge is 0.183 e. The van der Waals surface area contributed by atoms with Gasteiger partial charge >= 0.3 is 0 Å². The summed E-state index contributed by atoms with van der Waals surface area (Å²) in [7, 11) is 0. The number of aromatic amines is 1. The molecule has 0 aliphatic heterocycles. The van der Waals surface area contributed by atoms with Gasteiger partial charge in [-0.2, -0.15) is 5.10 Å². The predicted octanol–water partition coefficient (Wildman–Crippen LogP) is 4.05. The normalized spacial score (nSPS) is 11.0. The van der Waals surface area contributed by atoms with Gasteiger partial charge in [-0.05, 0) is 34.1 Å². The highest BCUT2D eigenvalue weighted by Crippen LogP contribution is 2.24. The molecule has 18 heavy (non-hydrogen) atoms. The van der Waals surface area contributed by atoms with Crippen LogP contribution in [-0.4, -0.2) is 15.2 Å². The topological polar surface area (TPSA) is 53.6 Å². The molecule has 1 aromatic carbocycles. The zero-order valence-corrected chi connectivity index (χ0v) is 12.2. The Labute approximate surface area is 121 Å². The minimum absolute atomic E-state index is 0.568. The molecule has 0 aliphatic rings. The van der Waals surface area contributed by atoms with Crippen molar-refractivity contribution in [3.8, 4) is 0 Å². The van der Waals surface area contributed by atoms with E-state index in [1.54, 1.807) is 6.20 Å². The van der Waals surface area contributed by atoms with E-state index < -0.39 is 0 Å². The molecule has 0 radical (unpaired) electrons. The lowest BCUT2D eigenvalue weighted by Crippen LogP contribution is -1.96. The van der Waals surface area contributed by atoms with Gasteiger partial charge in [-0.15, -0.1) is 11.3 Å². The molecule has 0 saturated carbocycles. The van der Waals surface area contributed by atoms with Gasteiger partial charge in [0.25, 0.3) is 0 Å². The third-order valence-corrected chi connectivity index (χ3v) is 4.22. The lowest BCUT2D eigenvalue weighted by atomic mass is 10.2. The quantitative estimate of drug-likeness (QED) is 0.754. The number of rotatable bonds is 3. The van der Waals surface area contributed by atoms with Gasteiger partial charge < -0.3 is 5.32 Å². The SMILES string of the molecule is Clc1ncc(CNc2ccc3c(Br)[nH]nc3c2)s1. The van der Waals surface area contributed by atoms with Crippen molar-refractivity contribution in [1.29, 1.82) is 0 Å². The number of nitrogens with zero attached hydrogens (tertiary/aromatic N) is 2. The summed E-state index contributed by atoms with van der Waals surface area (Å²) in [5.74, 6) is 0. The van der Waals surface area contributed by atoms with E-state index in [1.165, 1.54) is 11.3 Å². The molecule has 0 saturated heterocycles. The Morgan fingerprint density at radius 3 is 3.11 bits per heavy atom. The van der Waals surface area contributed by atoms with Crippen molar-refractivity contribution in [3.05, 3.63) is 38.3 Å². The zero-order valence-electron chi connectivity index (χ0n) is 9.08. The van der Waals surface area contributed by atoms with Gasteiger partial charge in [-0.25, -0.2) is 4.98 Å². The Morgan fingerprint density at radius 1 is 1.44 bits per heavy atom. The molecule has 0 amide bonds. The Bertz CT molecular complexity index is 693. The molecule has 3 aromatic rings. The lowest BCUT2D eigenvalue weighted by molar-refractivity contribution is 1.09. The first-order chi connectivity index (χ1) is 8.72. The van der Waals surface area contributed by atoms with Crippen molar-refractivity contribution in [3.63, 3.8) is 0 Å². The molecule has 2 N–H and O–H groups in total. The van der Waals surface area contributed by atoms with E-state index >= 15 is 0 Å². The van der Waals surface area contributed by atoms with E-state index in [1.807, 2.05) is 18.2 Å². The van der Waals surface area contributed by atoms with Crippen molar-refractivity contribution in [2.24, 2.45) is 0 Å². The van der Waals surface area contributed by atoms with Crippen LogP contribution in [0.4, 0.5) is 5.69 Å². The second kappa shape index (κ2) is 4.87. The van der Waals surface area contributed by atoms with E-state index in [0.29, 0.717) is 11.0 Å². The molecule has 0 bridgehead atoms. The van der Waals surface area contributed by atoms with Crippen LogP contribution >= 0.6 is 38.9 Å². The maximum absolute atomic E-state index is 5.78. The second-order valence-corrected chi connectivity index (χ2v) is 6.19. The van der Waals surface area contributed by atoms with Crippen molar-refractivity contribution in [2.45, 2.75) is 6.54 Å². The third kappa shape index (κ3) is 2.36. The minimum atomic E-state index is 0.568. The number of fused-ring (bicyclic) bond motifs is 1. The number of halogens is 2. The summed E-state index contributed by atoms with van der Waals surface area (Å²) < 4.78 is 1.47. The maximum Gasteiger partial charge on any atom is 0.183 e. The number of benzene rings is 1. The van der Waals surface area contributed by atoms with Gasteiger partial charge in [0.15, 0.2) is 4.47 Å². The zero-order chi connectivity index (χ0) is 12.5. The maximum atomic E-state index is 5.78. The predicted molar refractivity (Wildman–Crippen MR) is 78.2 cm³/mol. The number of nitrogens with one attached hydrogen (secondary N) is 2. The van der Waals surface area contributed by atoms with E-state index in [2.05, 4.69) is 36.4 Å². The number of hydrogen-bond donors (Lipinski definition) is 2. The largest absolute Gasteiger partial charge is 0.380 e. The minimum Gasteiger partial charge on any atom is -0.380 e. The molecule has 2 aromatic heterocycles. The van der Waals surface area contributed by atoms with E-state index in [-0.39, 0.29) is 0 Å². The fourth-order valence-electron chi connectivity index (χ4n) is 1.64. The van der Waals surface area contributed by atoms with Gasteiger partial charge in [0.05, 0.1) is 12.1 Å². The first kappa shape index (κ1) is 12.0. The van der Waals surface area contributed by atoms with Crippen LogP contribution in [0.2, 0.25) is 4.47 Å². The molecule has 0 spiro atoms. The fourth-order valence-corrected chi connectivity index (χ4v) is 2.99. The molecule has 0 atom stereocenters. The van der Waals surface area contributed by atoms with Crippen molar-refractivity contribution < 1.29 is 0 Å². The van der Waals surface area contributed by atoms with Crippen LogP contribution in [0.3, 0.4) is 0 Å². The lowest BCUT2D eigenvalue weighted by Gasteiger charge is -2.03. The van der Waals surface area contributed by atoms with Gasteiger partial charge in [-0.3, -0.25) is 5.10 Å². The highest BCUT2D eigenvalue weighted by Gasteiger charge is 2.04. The molecule has 0 fully saturated rings. The highest BCUT2D eigenvalue weighted by atomic mass is 79.9. The summed E-state index contributed by atoms with van der Waals surface area (Å²) in [5.41, 5.74) is 1.94. The molecule has 7 heteroatoms. The Morgan fingerprint density at radius 2 is 2.33 bits per heavy atom. The van der Waals surface area contributed by atoms with Crippen molar-refractivity contribution in [1.82, 2.24) is 15.2 Å². The van der Waals surface area contributed by atoms with Gasteiger partial charge in [-0.1, -0.05) is 11.6 Å². The number of aromatic nitrogens is 3. The van der Waals surface area contributed by atoms with Crippen LogP contribution in [0.1, 0.15) is 4.88 Å². The van der Waals surface area contributed by atoms with Crippen LogP contribution in [0.5, 0.6) is 0 Å². The molecule has 0 unspecified atom stereocenters. The monoisotopic (exact) mass is 342 g/mol. The first-order valence-electron chi connectivity index (χ1n) is 5.20. The summed E-state index contributed by atoms with van der Waals surface area (Å²) in [6.07, 6.45) is 1.78. The van der Waals surface area contributed by atoms with Crippen LogP contribution in [0.25, 0.3) is 10.9 Å². The van der Waals surface area contributed by atoms with Crippen LogP contribution in [-0.2, 0) is 6.54 Å². The number of hydrogen-bond acceptors (Lipinski definition) is 4. The second-order valence-electron chi connectivity index (χ2n) is 3.70. The average Bonchev–Trinajstić information content (AvgIpc) is 2.94. The van der Waals surface area contributed by atoms with Crippen molar-refractivity contribution >= 4 is 55.5 Å². The van der Waals surface area contributed by atoms with Gasteiger partial charge in [0.2, 0.25) is 0 Å². The highest BCUT2D eigenvalue weighted by molar-refractivity contribution is 9.10. The molecular formula is C11H8BrClN4S. The fraction of sp³-hybridized carbons (Fsp3) is 0.0909. The number of thiazole rings is 1. The standard InChI is InChI=1S/C11H8BrClN4S/c12-10-8-2-1-6(3-9(8)16-17-10)14-4-7-5-15-11(13)18-7/h1-3,5,14H,4H2,(H,16,17). The van der Waals surface area contributed by atoms with Gasteiger partial charge in [0, 0.05) is 22.1 Å². The molecule has 0 aliphatic carbocycles. The third-order valence-electron chi connectivity index (χ3n) is 2.50. The molecule has 3 rings (SSSR count). The van der Waals surface area contributed by atoms with Crippen LogP contribution in [0, 0.1) is 0 Å². The number of H-pyrrole nitrogens is 1. The molecule has 92 valence electrons. The van der Waals surface area contributed by atoms with E-state index in [9.17, 15) is 0 Å². The first-order valence-corrected chi connectivity index (χ1v) is 7.19. The van der Waals surface area contributed by atoms with Crippen LogP contribution < -0.4 is 5.32 Å². The summed E-state index contributed by atoms with van der Waals surface area (Å²) >= 11 is 10.7. The Balaban J connectivity index is 1.78.